The fraction of sp³-hybridized carbons (Fsp3) is 0.267. The number of aromatic nitrogens is 2. The van der Waals surface area contributed by atoms with Gasteiger partial charge < -0.3 is 5.32 Å². The van der Waals surface area contributed by atoms with Crippen molar-refractivity contribution in [1.29, 1.82) is 0 Å². The van der Waals surface area contributed by atoms with Crippen molar-refractivity contribution >= 4 is 29.4 Å². The summed E-state index contributed by atoms with van der Waals surface area (Å²) in [5, 5.41) is 11.8. The minimum Gasteiger partial charge on any atom is -0.374 e. The molecule has 1 atom stereocenters. The third kappa shape index (κ3) is 4.33. The van der Waals surface area contributed by atoms with E-state index in [0.717, 1.165) is 16.9 Å². The molecule has 2 N–H and O–H groups in total. The second-order valence-electron chi connectivity index (χ2n) is 4.95. The van der Waals surface area contributed by atoms with E-state index in [2.05, 4.69) is 20.9 Å². The number of nitrogens with zero attached hydrogens (tertiary/aromatic N) is 3. The number of carbonyl (C=O) groups is 1. The number of hydrogen-bond donors (Lipinski definition) is 2. The Balaban J connectivity index is 1.90. The van der Waals surface area contributed by atoms with E-state index in [1.54, 1.807) is 30.0 Å². The van der Waals surface area contributed by atoms with E-state index in [9.17, 15) is 4.79 Å². The third-order valence-electron chi connectivity index (χ3n) is 3.03. The van der Waals surface area contributed by atoms with Crippen molar-refractivity contribution in [3.63, 3.8) is 0 Å². The van der Waals surface area contributed by atoms with Gasteiger partial charge in [0.1, 0.15) is 6.04 Å². The van der Waals surface area contributed by atoms with Crippen LogP contribution >= 0.6 is 11.6 Å². The maximum Gasteiger partial charge on any atom is 0.262 e. The van der Waals surface area contributed by atoms with Crippen LogP contribution in [0.25, 0.3) is 0 Å². The Morgan fingerprint density at radius 2 is 2.27 bits per heavy atom. The van der Waals surface area contributed by atoms with Crippen LogP contribution in [0.5, 0.6) is 0 Å². The highest BCUT2D eigenvalue weighted by Gasteiger charge is 2.11. The molecule has 116 valence electrons. The average molecular weight is 320 g/mol. The molecular formula is C15H18ClN5O. The quantitative estimate of drug-likeness (QED) is 0.656. The van der Waals surface area contributed by atoms with Crippen LogP contribution in [-0.4, -0.2) is 27.9 Å². The van der Waals surface area contributed by atoms with Gasteiger partial charge in [-0.1, -0.05) is 17.7 Å². The van der Waals surface area contributed by atoms with Gasteiger partial charge in [0, 0.05) is 29.5 Å². The van der Waals surface area contributed by atoms with Crippen LogP contribution in [0.15, 0.2) is 35.6 Å². The molecule has 0 aliphatic rings. The Morgan fingerprint density at radius 1 is 1.50 bits per heavy atom. The number of hydrazone groups is 1. The van der Waals surface area contributed by atoms with E-state index in [0.29, 0.717) is 5.02 Å². The van der Waals surface area contributed by atoms with Crippen molar-refractivity contribution in [3.05, 3.63) is 46.7 Å². The summed E-state index contributed by atoms with van der Waals surface area (Å²) in [6.07, 6.45) is 3.41. The molecule has 22 heavy (non-hydrogen) atoms. The molecule has 1 heterocycles. The zero-order valence-electron chi connectivity index (χ0n) is 12.7. The Labute approximate surface area is 134 Å². The summed E-state index contributed by atoms with van der Waals surface area (Å²) < 4.78 is 1.70. The number of halogens is 1. The molecule has 0 aliphatic heterocycles. The zero-order valence-corrected chi connectivity index (χ0v) is 13.4. The van der Waals surface area contributed by atoms with Crippen molar-refractivity contribution in [2.75, 3.05) is 5.32 Å². The minimum atomic E-state index is -0.439. The molecule has 0 saturated carbocycles. The Bertz CT molecular complexity index is 695. The lowest BCUT2D eigenvalue weighted by molar-refractivity contribution is -0.121. The number of rotatable bonds is 5. The largest absolute Gasteiger partial charge is 0.374 e. The summed E-state index contributed by atoms with van der Waals surface area (Å²) in [5.41, 5.74) is 4.99. The van der Waals surface area contributed by atoms with Crippen LogP contribution < -0.4 is 10.7 Å². The summed E-state index contributed by atoms with van der Waals surface area (Å²) in [7, 11) is 1.83. The molecule has 0 spiro atoms. The van der Waals surface area contributed by atoms with Gasteiger partial charge in [0.05, 0.1) is 11.9 Å². The van der Waals surface area contributed by atoms with E-state index in [1.807, 2.05) is 32.3 Å². The first kappa shape index (κ1) is 16.0. The molecule has 7 heteroatoms. The summed E-state index contributed by atoms with van der Waals surface area (Å²) in [5.74, 6) is -0.238. The zero-order chi connectivity index (χ0) is 16.1. The Morgan fingerprint density at radius 3 is 2.91 bits per heavy atom. The molecule has 0 aliphatic carbocycles. The van der Waals surface area contributed by atoms with Crippen LogP contribution in [0.1, 0.15) is 18.2 Å². The van der Waals surface area contributed by atoms with Crippen molar-refractivity contribution < 1.29 is 4.79 Å². The molecule has 0 unspecified atom stereocenters. The highest BCUT2D eigenvalue weighted by Crippen LogP contribution is 2.15. The monoisotopic (exact) mass is 319 g/mol. The number of benzene rings is 1. The van der Waals surface area contributed by atoms with Gasteiger partial charge in [-0.05, 0) is 32.0 Å². The Hall–Kier alpha value is -2.34. The lowest BCUT2D eigenvalue weighted by atomic mass is 10.2. The molecule has 1 amide bonds. The van der Waals surface area contributed by atoms with E-state index >= 15 is 0 Å². The first-order chi connectivity index (χ1) is 10.5. The first-order valence-corrected chi connectivity index (χ1v) is 7.19. The number of hydrogen-bond acceptors (Lipinski definition) is 4. The normalized spacial score (nSPS) is 12.4. The molecule has 0 radical (unpaired) electrons. The Kier molecular flexibility index (Phi) is 5.16. The molecule has 1 aromatic carbocycles. The highest BCUT2D eigenvalue weighted by atomic mass is 35.5. The average Bonchev–Trinajstić information content (AvgIpc) is 2.77. The van der Waals surface area contributed by atoms with Crippen LogP contribution in [0, 0.1) is 6.92 Å². The second-order valence-corrected chi connectivity index (χ2v) is 5.39. The summed E-state index contributed by atoms with van der Waals surface area (Å²) in [4.78, 5) is 12.0. The topological polar surface area (TPSA) is 71.3 Å². The number of aryl methyl sites for hydroxylation is 2. The molecule has 6 nitrogen and oxygen atoms in total. The standard InChI is InChI=1S/C15H18ClN5O/c1-10-12(9-21(3)20-10)8-17-19-15(22)11(2)18-14-6-4-5-13(16)7-14/h4-9,11,18H,1-3H3,(H,19,22)/t11-/m0/s1. The summed E-state index contributed by atoms with van der Waals surface area (Å²) in [6.45, 7) is 3.63. The SMILES string of the molecule is Cc1nn(C)cc1C=NNC(=O)[C@H](C)Nc1cccc(Cl)c1. The van der Waals surface area contributed by atoms with E-state index in [-0.39, 0.29) is 5.91 Å². The number of amides is 1. The van der Waals surface area contributed by atoms with Gasteiger partial charge in [0.25, 0.3) is 5.91 Å². The fourth-order valence-corrected chi connectivity index (χ4v) is 2.09. The number of anilines is 1. The van der Waals surface area contributed by atoms with Crippen LogP contribution in [0.4, 0.5) is 5.69 Å². The van der Waals surface area contributed by atoms with Gasteiger partial charge in [-0.2, -0.15) is 10.2 Å². The lowest BCUT2D eigenvalue weighted by Crippen LogP contribution is -2.34. The summed E-state index contributed by atoms with van der Waals surface area (Å²) in [6, 6.07) is 6.76. The van der Waals surface area contributed by atoms with Crippen molar-refractivity contribution in [1.82, 2.24) is 15.2 Å². The molecule has 1 aromatic heterocycles. The molecule has 0 saturated heterocycles. The molecule has 2 aromatic rings. The molecule has 0 bridgehead atoms. The second kappa shape index (κ2) is 7.09. The highest BCUT2D eigenvalue weighted by molar-refractivity contribution is 6.30. The maximum absolute atomic E-state index is 12.0. The smallest absolute Gasteiger partial charge is 0.262 e. The van der Waals surface area contributed by atoms with Gasteiger partial charge in [0.15, 0.2) is 0 Å². The van der Waals surface area contributed by atoms with Gasteiger partial charge in [-0.25, -0.2) is 5.43 Å². The molecular weight excluding hydrogens is 302 g/mol. The molecule has 2 rings (SSSR count). The van der Waals surface area contributed by atoms with Crippen molar-refractivity contribution in [2.24, 2.45) is 12.1 Å². The number of carbonyl (C=O) groups excluding carboxylic acids is 1. The van der Waals surface area contributed by atoms with Gasteiger partial charge in [-0.15, -0.1) is 0 Å². The van der Waals surface area contributed by atoms with Gasteiger partial charge >= 0.3 is 0 Å². The van der Waals surface area contributed by atoms with E-state index < -0.39 is 6.04 Å². The van der Waals surface area contributed by atoms with Gasteiger partial charge in [-0.3, -0.25) is 9.48 Å². The third-order valence-corrected chi connectivity index (χ3v) is 3.27. The predicted octanol–water partition coefficient (Wildman–Crippen LogP) is 2.33. The predicted molar refractivity (Wildman–Crippen MR) is 88.2 cm³/mol. The van der Waals surface area contributed by atoms with Gasteiger partial charge in [0.2, 0.25) is 0 Å². The summed E-state index contributed by atoms with van der Waals surface area (Å²) >= 11 is 5.90. The van der Waals surface area contributed by atoms with Crippen molar-refractivity contribution in [3.8, 4) is 0 Å². The van der Waals surface area contributed by atoms with Crippen LogP contribution in [-0.2, 0) is 11.8 Å². The van der Waals surface area contributed by atoms with Crippen molar-refractivity contribution in [2.45, 2.75) is 19.9 Å². The molecule has 0 fully saturated rings. The maximum atomic E-state index is 12.0. The number of nitrogens with one attached hydrogen (secondary N) is 2. The van der Waals surface area contributed by atoms with Crippen LogP contribution in [0.3, 0.4) is 0 Å². The van der Waals surface area contributed by atoms with E-state index in [4.69, 9.17) is 11.6 Å². The van der Waals surface area contributed by atoms with Crippen LogP contribution in [0.2, 0.25) is 5.02 Å². The van der Waals surface area contributed by atoms with E-state index in [1.165, 1.54) is 0 Å². The minimum absolute atomic E-state index is 0.238. The first-order valence-electron chi connectivity index (χ1n) is 6.81. The lowest BCUT2D eigenvalue weighted by Gasteiger charge is -2.13. The fourth-order valence-electron chi connectivity index (χ4n) is 1.90.